The minimum Gasteiger partial charge on any atom is -0.493 e. The second-order valence-corrected chi connectivity index (χ2v) is 7.35. The van der Waals surface area contributed by atoms with E-state index in [0.29, 0.717) is 17.8 Å². The lowest BCUT2D eigenvalue weighted by Crippen LogP contribution is -2.69. The predicted molar refractivity (Wildman–Crippen MR) is 99.6 cm³/mol. The molecule has 3 saturated heterocycles. The van der Waals surface area contributed by atoms with Crippen LogP contribution < -0.4 is 4.90 Å². The summed E-state index contributed by atoms with van der Waals surface area (Å²) in [6.07, 6.45) is 2.85. The topological polar surface area (TPSA) is 94.1 Å². The van der Waals surface area contributed by atoms with Gasteiger partial charge in [0.2, 0.25) is 11.8 Å². The molecule has 2 aromatic heterocycles. The molecule has 5 heterocycles. The van der Waals surface area contributed by atoms with E-state index < -0.39 is 11.6 Å². The molecule has 3 fully saturated rings. The van der Waals surface area contributed by atoms with Gasteiger partial charge in [-0.05, 0) is 18.6 Å². The smallest absolute Gasteiger partial charge is 0.231 e. The highest BCUT2D eigenvalue weighted by Gasteiger charge is 2.46. The van der Waals surface area contributed by atoms with Gasteiger partial charge in [0, 0.05) is 44.2 Å². The van der Waals surface area contributed by atoms with Crippen molar-refractivity contribution in [2.24, 2.45) is 0 Å². The van der Waals surface area contributed by atoms with Gasteiger partial charge in [-0.25, -0.2) is 13.5 Å². The zero-order valence-electron chi connectivity index (χ0n) is 15.3. The number of fused-ring (bicyclic) bond motifs is 3. The summed E-state index contributed by atoms with van der Waals surface area (Å²) in [4.78, 5) is 13.1. The highest BCUT2D eigenvalue weighted by molar-refractivity contribution is 5.82. The zero-order chi connectivity index (χ0) is 20.1. The molecule has 3 aliphatic heterocycles. The van der Waals surface area contributed by atoms with Gasteiger partial charge in [0.15, 0.2) is 11.5 Å². The molecule has 2 atom stereocenters. The van der Waals surface area contributed by atoms with Crippen molar-refractivity contribution >= 4 is 17.0 Å². The zero-order valence-corrected chi connectivity index (χ0v) is 15.3. The average molecular weight is 397 g/mol. The molecule has 0 radical (unpaired) electrons. The van der Waals surface area contributed by atoms with Crippen LogP contribution in [0, 0.1) is 23.0 Å². The number of benzene rings is 1. The molecule has 0 amide bonds. The summed E-state index contributed by atoms with van der Waals surface area (Å²) in [5, 5.41) is 23.6. The summed E-state index contributed by atoms with van der Waals surface area (Å²) in [5.41, 5.74) is 0.293. The molecular weight excluding hydrogens is 380 g/mol. The third-order valence-corrected chi connectivity index (χ3v) is 5.57. The van der Waals surface area contributed by atoms with E-state index in [1.54, 1.807) is 0 Å². The lowest BCUT2D eigenvalue weighted by atomic mass is 9.88. The molecule has 10 heteroatoms. The van der Waals surface area contributed by atoms with Crippen LogP contribution in [0.3, 0.4) is 0 Å². The van der Waals surface area contributed by atoms with Crippen molar-refractivity contribution in [3.8, 4) is 17.6 Å². The largest absolute Gasteiger partial charge is 0.493 e. The van der Waals surface area contributed by atoms with Crippen LogP contribution in [0.25, 0.3) is 16.7 Å². The number of aromatic hydroxyl groups is 1. The van der Waals surface area contributed by atoms with Crippen molar-refractivity contribution in [1.82, 2.24) is 24.6 Å². The van der Waals surface area contributed by atoms with Crippen LogP contribution in [0.4, 0.5) is 14.7 Å². The summed E-state index contributed by atoms with van der Waals surface area (Å²) in [6, 6.07) is 5.76. The van der Waals surface area contributed by atoms with E-state index in [-0.39, 0.29) is 29.3 Å². The van der Waals surface area contributed by atoms with Crippen LogP contribution in [0.1, 0.15) is 12.8 Å². The number of piperidine rings is 1. The molecule has 1 aromatic carbocycles. The van der Waals surface area contributed by atoms with Gasteiger partial charge in [0.25, 0.3) is 0 Å². The molecule has 29 heavy (non-hydrogen) atoms. The number of anilines is 1. The lowest BCUT2D eigenvalue weighted by molar-refractivity contribution is 0.115. The molecule has 0 aliphatic carbocycles. The first kappa shape index (κ1) is 17.8. The third kappa shape index (κ3) is 2.86. The van der Waals surface area contributed by atoms with Gasteiger partial charge >= 0.3 is 0 Å². The second kappa shape index (κ2) is 6.63. The summed E-state index contributed by atoms with van der Waals surface area (Å²) >= 11 is 0. The lowest BCUT2D eigenvalue weighted by Gasteiger charge is -2.56. The van der Waals surface area contributed by atoms with Crippen molar-refractivity contribution in [3.63, 3.8) is 0 Å². The van der Waals surface area contributed by atoms with Gasteiger partial charge in [-0.1, -0.05) is 0 Å². The van der Waals surface area contributed by atoms with Gasteiger partial charge in [-0.3, -0.25) is 4.90 Å². The summed E-state index contributed by atoms with van der Waals surface area (Å²) in [5.74, 6) is -1.33. The molecule has 0 spiro atoms. The van der Waals surface area contributed by atoms with Crippen LogP contribution in [-0.4, -0.2) is 61.5 Å². The summed E-state index contributed by atoms with van der Waals surface area (Å²) in [7, 11) is 0. The minimum absolute atomic E-state index is 0.0388. The normalized spacial score (nSPS) is 21.2. The van der Waals surface area contributed by atoms with Gasteiger partial charge in [0.1, 0.15) is 16.9 Å². The first-order valence-electron chi connectivity index (χ1n) is 9.33. The Hall–Kier alpha value is -3.32. The number of hydrogen-bond donors (Lipinski definition) is 1. The van der Waals surface area contributed by atoms with Gasteiger partial charge in [-0.15, -0.1) is 0 Å². The maximum Gasteiger partial charge on any atom is 0.231 e. The molecule has 3 aromatic rings. The van der Waals surface area contributed by atoms with Crippen molar-refractivity contribution in [3.05, 3.63) is 36.0 Å². The quantitative estimate of drug-likeness (QED) is 0.719. The van der Waals surface area contributed by atoms with E-state index in [9.17, 15) is 13.9 Å². The van der Waals surface area contributed by atoms with E-state index in [0.717, 1.165) is 38.2 Å². The van der Waals surface area contributed by atoms with Crippen LogP contribution in [-0.2, 0) is 0 Å². The molecule has 0 saturated carbocycles. The molecule has 1 N–H and O–H groups in total. The van der Waals surface area contributed by atoms with E-state index >= 15 is 0 Å². The Kier molecular flexibility index (Phi) is 4.06. The SMILES string of the molecule is N#CCCN1CC2CC(C1)N2c1nc(O)c2cnn(-c3ccc(F)cc3F)c2n1. The van der Waals surface area contributed by atoms with E-state index in [4.69, 9.17) is 5.26 Å². The molecule has 2 bridgehead atoms. The number of nitriles is 1. The fraction of sp³-hybridized carbons (Fsp3) is 0.368. The van der Waals surface area contributed by atoms with Crippen molar-refractivity contribution in [2.75, 3.05) is 24.5 Å². The molecular formula is C19H17F2N7O. The van der Waals surface area contributed by atoms with E-state index in [1.165, 1.54) is 16.9 Å². The Morgan fingerprint density at radius 3 is 2.72 bits per heavy atom. The minimum atomic E-state index is -0.774. The number of halogens is 2. The number of rotatable bonds is 4. The highest BCUT2D eigenvalue weighted by Crippen LogP contribution is 2.37. The van der Waals surface area contributed by atoms with Crippen LogP contribution in [0.5, 0.6) is 5.88 Å². The number of aromatic nitrogens is 4. The first-order valence-corrected chi connectivity index (χ1v) is 9.33. The maximum atomic E-state index is 14.3. The van der Waals surface area contributed by atoms with Gasteiger partial charge < -0.3 is 10.0 Å². The van der Waals surface area contributed by atoms with Crippen molar-refractivity contribution < 1.29 is 13.9 Å². The standard InChI is InChI=1S/C19H17F2N7O/c20-11-2-3-16(15(21)6-11)28-17-14(8-23-28)18(29)25-19(24-17)27-12-7-13(27)10-26(9-12)5-1-4-22/h2-3,6,8,12-13H,1,5,7,9-10H2,(H,24,25,29). The number of hydrogen-bond acceptors (Lipinski definition) is 7. The molecule has 3 aliphatic rings. The highest BCUT2D eigenvalue weighted by atomic mass is 19.1. The van der Waals surface area contributed by atoms with Crippen LogP contribution >= 0.6 is 0 Å². The van der Waals surface area contributed by atoms with Crippen molar-refractivity contribution in [2.45, 2.75) is 24.9 Å². The van der Waals surface area contributed by atoms with E-state index in [1.807, 2.05) is 0 Å². The monoisotopic (exact) mass is 397 g/mol. The van der Waals surface area contributed by atoms with Crippen LogP contribution in [0.15, 0.2) is 24.4 Å². The second-order valence-electron chi connectivity index (χ2n) is 7.35. The summed E-state index contributed by atoms with van der Waals surface area (Å²) in [6.45, 7) is 2.33. The molecule has 6 rings (SSSR count). The summed E-state index contributed by atoms with van der Waals surface area (Å²) < 4.78 is 28.8. The molecule has 148 valence electrons. The maximum absolute atomic E-state index is 14.3. The molecule has 8 nitrogen and oxygen atoms in total. The van der Waals surface area contributed by atoms with Gasteiger partial charge in [0.05, 0.1) is 12.3 Å². The average Bonchev–Trinajstić information content (AvgIpc) is 3.11. The first-order chi connectivity index (χ1) is 14.0. The number of nitrogens with zero attached hydrogens (tertiary/aromatic N) is 7. The van der Waals surface area contributed by atoms with Crippen LogP contribution in [0.2, 0.25) is 0 Å². The Morgan fingerprint density at radius 2 is 2.00 bits per heavy atom. The Labute approximate surface area is 164 Å². The van der Waals surface area contributed by atoms with Gasteiger partial charge in [-0.2, -0.15) is 20.3 Å². The molecule has 2 unspecified atom stereocenters. The Balaban J connectivity index is 1.50. The Bertz CT molecular complexity index is 1130. The predicted octanol–water partition coefficient (Wildman–Crippen LogP) is 1.98. The number of piperazine rings is 1. The van der Waals surface area contributed by atoms with Crippen molar-refractivity contribution in [1.29, 1.82) is 5.26 Å². The van der Waals surface area contributed by atoms with E-state index in [2.05, 4.69) is 30.9 Å². The Morgan fingerprint density at radius 1 is 1.21 bits per heavy atom. The fourth-order valence-electron chi connectivity index (χ4n) is 4.24. The fourth-order valence-corrected chi connectivity index (χ4v) is 4.24. The third-order valence-electron chi connectivity index (χ3n) is 5.57.